The highest BCUT2D eigenvalue weighted by Crippen LogP contribution is 2.32. The number of benzene rings is 2. The number of fused-ring (bicyclic) bond motifs is 1. The number of hydrogen-bond donors (Lipinski definition) is 0. The van der Waals surface area contributed by atoms with Crippen LogP contribution in [-0.2, 0) is 14.8 Å². The van der Waals surface area contributed by atoms with Gasteiger partial charge in [0, 0.05) is 25.2 Å². The summed E-state index contributed by atoms with van der Waals surface area (Å²) < 4.78 is 34.6. The molecule has 202 valence electrons. The molecule has 1 amide bonds. The number of sulfonamides is 1. The first-order valence-electron chi connectivity index (χ1n) is 12.1. The molecule has 4 rings (SSSR count). The average Bonchev–Trinajstić information content (AvgIpc) is 3.26. The first-order valence-corrected chi connectivity index (χ1v) is 14.4. The van der Waals surface area contributed by atoms with Crippen LogP contribution in [0.3, 0.4) is 0 Å². The predicted molar refractivity (Wildman–Crippen MR) is 152 cm³/mol. The summed E-state index contributed by atoms with van der Waals surface area (Å²) in [5.74, 6) is -0.192. The van der Waals surface area contributed by atoms with Crippen molar-refractivity contribution in [2.45, 2.75) is 44.3 Å². The fourth-order valence-corrected chi connectivity index (χ4v) is 7.08. The van der Waals surface area contributed by atoms with Gasteiger partial charge in [0.05, 0.1) is 27.3 Å². The summed E-state index contributed by atoms with van der Waals surface area (Å²) in [6.07, 6.45) is 0.447. The van der Waals surface area contributed by atoms with Gasteiger partial charge in [-0.25, -0.2) is 13.4 Å². The second kappa shape index (κ2) is 12.2. The molecule has 0 N–H and O–H groups in total. The van der Waals surface area contributed by atoms with Crippen LogP contribution < -0.4 is 4.90 Å². The minimum atomic E-state index is -3.68. The molecule has 0 spiro atoms. The molecule has 2 aromatic carbocycles. The minimum Gasteiger partial charge on any atom is -0.373 e. The third kappa shape index (κ3) is 6.68. The van der Waals surface area contributed by atoms with E-state index in [1.165, 1.54) is 27.8 Å². The average molecular weight is 567 g/mol. The molecule has 1 aromatic heterocycles. The van der Waals surface area contributed by atoms with E-state index >= 15 is 0 Å². The maximum absolute atomic E-state index is 13.6. The quantitative estimate of drug-likeness (QED) is 0.401. The van der Waals surface area contributed by atoms with Crippen LogP contribution in [0.1, 0.15) is 36.2 Å². The number of aromatic nitrogens is 1. The van der Waals surface area contributed by atoms with Gasteiger partial charge in [-0.15, -0.1) is 12.4 Å². The van der Waals surface area contributed by atoms with Gasteiger partial charge in [-0.2, -0.15) is 4.31 Å². The van der Waals surface area contributed by atoms with Crippen LogP contribution in [0.25, 0.3) is 10.2 Å². The van der Waals surface area contributed by atoms with Crippen LogP contribution in [0.5, 0.6) is 0 Å². The Morgan fingerprint density at radius 2 is 1.73 bits per heavy atom. The fraction of sp³-hybridized carbons (Fsp3) is 0.462. The maximum atomic E-state index is 13.6. The van der Waals surface area contributed by atoms with Crippen LogP contribution in [0.2, 0.25) is 0 Å². The third-order valence-corrected chi connectivity index (χ3v) is 9.09. The zero-order valence-corrected chi connectivity index (χ0v) is 24.3. The Morgan fingerprint density at radius 3 is 2.32 bits per heavy atom. The van der Waals surface area contributed by atoms with Gasteiger partial charge in [0.25, 0.3) is 5.91 Å². The van der Waals surface area contributed by atoms with Gasteiger partial charge in [-0.3, -0.25) is 9.69 Å². The number of carbonyl (C=O) groups excluding carboxylic acids is 1. The van der Waals surface area contributed by atoms with E-state index in [-0.39, 0.29) is 35.4 Å². The number of ether oxygens (including phenoxy) is 1. The second-order valence-electron chi connectivity index (χ2n) is 9.64. The lowest BCUT2D eigenvalue weighted by atomic mass is 10.2. The lowest BCUT2D eigenvalue weighted by Crippen LogP contribution is -2.48. The fourth-order valence-electron chi connectivity index (χ4n) is 4.42. The number of para-hydroxylation sites is 1. The lowest BCUT2D eigenvalue weighted by molar-refractivity contribution is -0.0440. The van der Waals surface area contributed by atoms with E-state index in [1.54, 1.807) is 17.0 Å². The highest BCUT2D eigenvalue weighted by atomic mass is 35.5. The van der Waals surface area contributed by atoms with Gasteiger partial charge in [-0.1, -0.05) is 23.5 Å². The number of rotatable bonds is 8. The molecule has 37 heavy (non-hydrogen) atoms. The first-order chi connectivity index (χ1) is 17.1. The monoisotopic (exact) mass is 566 g/mol. The molecular weight excluding hydrogens is 532 g/mol. The number of thiazole rings is 1. The number of morpholine rings is 1. The highest BCUT2D eigenvalue weighted by molar-refractivity contribution is 7.89. The molecule has 8 nitrogen and oxygen atoms in total. The van der Waals surface area contributed by atoms with E-state index in [9.17, 15) is 13.2 Å². The van der Waals surface area contributed by atoms with Crippen molar-refractivity contribution in [1.82, 2.24) is 14.2 Å². The van der Waals surface area contributed by atoms with E-state index in [0.29, 0.717) is 30.3 Å². The van der Waals surface area contributed by atoms with Crippen molar-refractivity contribution in [1.29, 1.82) is 0 Å². The van der Waals surface area contributed by atoms with Crippen LogP contribution >= 0.6 is 23.7 Å². The van der Waals surface area contributed by atoms with E-state index in [2.05, 4.69) is 4.90 Å². The molecule has 0 aliphatic carbocycles. The predicted octanol–water partition coefficient (Wildman–Crippen LogP) is 4.42. The number of carbonyl (C=O) groups is 1. The summed E-state index contributed by atoms with van der Waals surface area (Å²) >= 11 is 1.49. The molecule has 1 aliphatic heterocycles. The minimum absolute atomic E-state index is 0. The van der Waals surface area contributed by atoms with Gasteiger partial charge >= 0.3 is 0 Å². The van der Waals surface area contributed by atoms with Crippen LogP contribution in [0.4, 0.5) is 5.13 Å². The van der Waals surface area contributed by atoms with Gasteiger partial charge in [0.15, 0.2) is 5.13 Å². The van der Waals surface area contributed by atoms with E-state index < -0.39 is 10.0 Å². The molecule has 0 radical (unpaired) electrons. The van der Waals surface area contributed by atoms with E-state index in [0.717, 1.165) is 28.7 Å². The number of nitrogens with zero attached hydrogens (tertiary/aromatic N) is 4. The van der Waals surface area contributed by atoms with Crippen molar-refractivity contribution in [2.75, 3.05) is 45.2 Å². The number of aryl methyl sites for hydroxylation is 1. The molecule has 1 saturated heterocycles. The Hall–Kier alpha value is -2.08. The van der Waals surface area contributed by atoms with E-state index in [4.69, 9.17) is 9.72 Å². The van der Waals surface area contributed by atoms with Gasteiger partial charge in [-0.05, 0) is 83.7 Å². The van der Waals surface area contributed by atoms with Crippen molar-refractivity contribution in [3.05, 3.63) is 53.6 Å². The first kappa shape index (κ1) is 29.5. The number of halogens is 1. The molecule has 2 unspecified atom stereocenters. The summed E-state index contributed by atoms with van der Waals surface area (Å²) in [6, 6.07) is 12.3. The van der Waals surface area contributed by atoms with Crippen molar-refractivity contribution in [2.24, 2.45) is 0 Å². The Kier molecular flexibility index (Phi) is 9.71. The molecule has 1 aliphatic rings. The molecular formula is C26H35ClN4O4S2. The van der Waals surface area contributed by atoms with Crippen LogP contribution in [-0.4, -0.2) is 81.0 Å². The van der Waals surface area contributed by atoms with Crippen molar-refractivity contribution < 1.29 is 17.9 Å². The highest BCUT2D eigenvalue weighted by Gasteiger charge is 2.32. The SMILES string of the molecule is Cc1cccc2sc(N(CCCN(C)C)C(=O)c3ccc(S(=O)(=O)N4CC(C)OC(C)C4)cc3)nc12.Cl. The molecule has 1 fully saturated rings. The summed E-state index contributed by atoms with van der Waals surface area (Å²) in [5.41, 5.74) is 2.40. The second-order valence-corrected chi connectivity index (χ2v) is 12.6. The lowest BCUT2D eigenvalue weighted by Gasteiger charge is -2.34. The zero-order chi connectivity index (χ0) is 26.0. The molecule has 3 aromatic rings. The van der Waals surface area contributed by atoms with Gasteiger partial charge in [0.1, 0.15) is 0 Å². The zero-order valence-electron chi connectivity index (χ0n) is 21.9. The Morgan fingerprint density at radius 1 is 1.08 bits per heavy atom. The molecule has 2 heterocycles. The molecule has 2 atom stereocenters. The summed E-state index contributed by atoms with van der Waals surface area (Å²) in [7, 11) is 0.329. The normalized spacial score (nSPS) is 18.6. The third-order valence-electron chi connectivity index (χ3n) is 6.20. The number of anilines is 1. The molecule has 11 heteroatoms. The Bertz CT molecular complexity index is 1320. The summed E-state index contributed by atoms with van der Waals surface area (Å²) in [6.45, 7) is 7.72. The van der Waals surface area contributed by atoms with Crippen molar-refractivity contribution in [3.63, 3.8) is 0 Å². The Balaban J connectivity index is 0.00000380. The standard InChI is InChI=1S/C26H34N4O4S2.ClH/c1-18-8-6-9-23-24(18)27-26(35-23)30(15-7-14-28(4)5)25(31)21-10-12-22(13-11-21)36(32,33)29-16-19(2)34-20(3)17-29;/h6,8-13,19-20H,7,14-17H2,1-5H3;1H. The van der Waals surface area contributed by atoms with Crippen molar-refractivity contribution in [3.8, 4) is 0 Å². The smallest absolute Gasteiger partial charge is 0.260 e. The van der Waals surface area contributed by atoms with Gasteiger partial charge < -0.3 is 9.64 Å². The topological polar surface area (TPSA) is 83.1 Å². The number of hydrogen-bond acceptors (Lipinski definition) is 7. The van der Waals surface area contributed by atoms with Gasteiger partial charge in [0.2, 0.25) is 10.0 Å². The molecule has 0 bridgehead atoms. The molecule has 0 saturated carbocycles. The van der Waals surface area contributed by atoms with E-state index in [1.807, 2.05) is 53.1 Å². The Labute approximate surface area is 229 Å². The van der Waals surface area contributed by atoms with Crippen LogP contribution in [0, 0.1) is 6.92 Å². The number of amides is 1. The summed E-state index contributed by atoms with van der Waals surface area (Å²) in [5, 5.41) is 0.649. The van der Waals surface area contributed by atoms with Crippen molar-refractivity contribution >= 4 is 55.0 Å². The van der Waals surface area contributed by atoms with Crippen LogP contribution in [0.15, 0.2) is 47.4 Å². The maximum Gasteiger partial charge on any atom is 0.260 e. The summed E-state index contributed by atoms with van der Waals surface area (Å²) in [4.78, 5) is 22.4. The largest absolute Gasteiger partial charge is 0.373 e.